The fourth-order valence-electron chi connectivity index (χ4n) is 3.95. The van der Waals surface area contributed by atoms with Gasteiger partial charge in [-0.1, -0.05) is 18.2 Å². The number of carbonyl (C=O) groups excluding carboxylic acids is 1. The van der Waals surface area contributed by atoms with Crippen molar-refractivity contribution < 1.29 is 33.4 Å². The minimum absolute atomic E-state index is 0.117. The molecular formula is C30H33F2N3O5. The van der Waals surface area contributed by atoms with Crippen molar-refractivity contribution >= 4 is 23.8 Å². The molecule has 3 rings (SSSR count). The Morgan fingerprint density at radius 1 is 1.25 bits per heavy atom. The Balaban J connectivity index is 1.72. The number of aliphatic hydroxyl groups is 1. The second kappa shape index (κ2) is 15.4. The van der Waals surface area contributed by atoms with E-state index in [-0.39, 0.29) is 18.2 Å². The molecule has 1 aromatic rings. The van der Waals surface area contributed by atoms with Gasteiger partial charge >= 0.3 is 5.97 Å². The van der Waals surface area contributed by atoms with Crippen molar-refractivity contribution in [2.75, 3.05) is 5.32 Å². The van der Waals surface area contributed by atoms with Crippen LogP contribution in [0.3, 0.4) is 0 Å². The first-order chi connectivity index (χ1) is 19.2. The molecule has 0 aromatic heterocycles. The van der Waals surface area contributed by atoms with E-state index < -0.39 is 29.8 Å². The summed E-state index contributed by atoms with van der Waals surface area (Å²) in [5.41, 5.74) is 4.65. The first-order valence-electron chi connectivity index (χ1n) is 12.9. The lowest BCUT2D eigenvalue weighted by atomic mass is 9.92. The smallest absolute Gasteiger partial charge is 0.303 e. The van der Waals surface area contributed by atoms with Crippen LogP contribution in [0, 0.1) is 11.7 Å². The maximum Gasteiger partial charge on any atom is 0.303 e. The maximum absolute atomic E-state index is 13.3. The largest absolute Gasteiger partial charge is 0.481 e. The van der Waals surface area contributed by atoms with Gasteiger partial charge in [-0.25, -0.2) is 8.78 Å². The molecule has 3 unspecified atom stereocenters. The van der Waals surface area contributed by atoms with Crippen LogP contribution in [0.1, 0.15) is 39.0 Å². The van der Waals surface area contributed by atoms with Crippen LogP contribution in [-0.4, -0.2) is 40.4 Å². The number of aliphatic hydroxyl groups excluding tert-OH is 1. The van der Waals surface area contributed by atoms with Crippen molar-refractivity contribution in [1.29, 1.82) is 0 Å². The molecule has 4 N–H and O–H groups in total. The minimum Gasteiger partial charge on any atom is -0.481 e. The quantitative estimate of drug-likeness (QED) is 0.112. The molecule has 0 radical (unpaired) electrons. The third-order valence-corrected chi connectivity index (χ3v) is 6.07. The number of aliphatic imine (C=N–C) groups is 1. The van der Waals surface area contributed by atoms with Gasteiger partial charge in [0.25, 0.3) is 0 Å². The number of hydrogen-bond acceptors (Lipinski definition) is 6. The molecule has 2 aliphatic rings. The van der Waals surface area contributed by atoms with Crippen molar-refractivity contribution in [1.82, 2.24) is 5.48 Å². The van der Waals surface area contributed by atoms with Crippen LogP contribution >= 0.6 is 0 Å². The molecule has 0 fully saturated rings. The summed E-state index contributed by atoms with van der Waals surface area (Å²) in [6.45, 7) is 1.80. The van der Waals surface area contributed by atoms with Gasteiger partial charge in [0.1, 0.15) is 17.7 Å². The molecule has 8 nitrogen and oxygen atoms in total. The number of allylic oxidation sites excluding steroid dienone is 6. The van der Waals surface area contributed by atoms with Crippen LogP contribution in [0.15, 0.2) is 101 Å². The molecule has 1 aliphatic carbocycles. The summed E-state index contributed by atoms with van der Waals surface area (Å²) in [4.78, 5) is 32.9. The predicted molar refractivity (Wildman–Crippen MR) is 149 cm³/mol. The van der Waals surface area contributed by atoms with Crippen LogP contribution in [0.4, 0.5) is 14.5 Å². The molecule has 40 heavy (non-hydrogen) atoms. The number of carboxylic acids is 1. The number of unbranched alkanes of at least 4 members (excludes halogenated alkanes) is 2. The Bertz CT molecular complexity index is 1260. The average Bonchev–Trinajstić information content (AvgIpc) is 3.41. The summed E-state index contributed by atoms with van der Waals surface area (Å²) in [7, 11) is 0. The molecule has 0 saturated carbocycles. The topological polar surface area (TPSA) is 120 Å². The lowest BCUT2D eigenvalue weighted by Gasteiger charge is -2.20. The van der Waals surface area contributed by atoms with Gasteiger partial charge in [0.15, 0.2) is 5.76 Å². The number of amides is 1. The summed E-state index contributed by atoms with van der Waals surface area (Å²) in [6.07, 6.45) is 15.5. The zero-order chi connectivity index (χ0) is 28.9. The Kier molecular flexibility index (Phi) is 11.7. The van der Waals surface area contributed by atoms with Gasteiger partial charge in [-0.2, -0.15) is 0 Å². The Morgan fingerprint density at radius 3 is 2.73 bits per heavy atom. The van der Waals surface area contributed by atoms with Gasteiger partial charge in [0, 0.05) is 36.0 Å². The number of aliphatic carboxylic acids is 1. The molecule has 0 spiro atoms. The highest BCUT2D eigenvalue weighted by molar-refractivity contribution is 5.99. The standard InChI is InChI=1S/C30H33F2N3O5/c1-20(33-17-4-2-3-8-29(37)38)18-22(6-5-7-28(36)34-25-15-13-24(32)14-16-25)26-19-27(40-35-26)30(39)21-9-11-23(31)12-10-21/h5-7,9,11-19,21,26,30,35,39H,2-4,8,10H2,1H3,(H,34,36)(H,37,38)/b7-5+,20-18+,22-6+,33-17?. The van der Waals surface area contributed by atoms with Crippen molar-refractivity contribution in [2.24, 2.45) is 10.9 Å². The van der Waals surface area contributed by atoms with E-state index in [9.17, 15) is 23.5 Å². The van der Waals surface area contributed by atoms with Crippen molar-refractivity contribution in [2.45, 2.75) is 51.2 Å². The SMILES string of the molecule is C\C(=C/C(=C\C=C\C(=O)Nc1ccc(F)cc1)C1C=C(C(O)C2C=CC(F)=CC2)ON1)N=CCCCCC(=O)O. The van der Waals surface area contributed by atoms with Crippen LogP contribution in [-0.2, 0) is 14.4 Å². The molecule has 1 aromatic carbocycles. The minimum atomic E-state index is -0.981. The van der Waals surface area contributed by atoms with E-state index in [0.717, 1.165) is 0 Å². The summed E-state index contributed by atoms with van der Waals surface area (Å²) < 4.78 is 26.4. The zero-order valence-corrected chi connectivity index (χ0v) is 22.1. The summed E-state index contributed by atoms with van der Waals surface area (Å²) in [6, 6.07) is 4.93. The molecule has 0 saturated heterocycles. The van der Waals surface area contributed by atoms with Gasteiger partial charge < -0.3 is 20.4 Å². The molecule has 212 valence electrons. The number of carboxylic acid groups (broad SMARTS) is 1. The van der Waals surface area contributed by atoms with Crippen molar-refractivity contribution in [3.05, 3.63) is 102 Å². The molecule has 1 aliphatic heterocycles. The lowest BCUT2D eigenvalue weighted by molar-refractivity contribution is -0.137. The Morgan fingerprint density at radius 2 is 2.02 bits per heavy atom. The highest BCUT2D eigenvalue weighted by Crippen LogP contribution is 2.28. The van der Waals surface area contributed by atoms with E-state index in [0.29, 0.717) is 48.4 Å². The van der Waals surface area contributed by atoms with Crippen LogP contribution in [0.25, 0.3) is 0 Å². The van der Waals surface area contributed by atoms with Crippen LogP contribution < -0.4 is 10.8 Å². The number of carbonyl (C=O) groups is 2. The second-order valence-corrected chi connectivity index (χ2v) is 9.32. The fourth-order valence-corrected chi connectivity index (χ4v) is 3.95. The second-order valence-electron chi connectivity index (χ2n) is 9.32. The lowest BCUT2D eigenvalue weighted by Crippen LogP contribution is -2.25. The molecule has 10 heteroatoms. The number of benzene rings is 1. The van der Waals surface area contributed by atoms with Gasteiger partial charge in [-0.15, -0.1) is 5.48 Å². The number of anilines is 1. The predicted octanol–water partition coefficient (Wildman–Crippen LogP) is 5.44. The molecule has 1 heterocycles. The zero-order valence-electron chi connectivity index (χ0n) is 22.1. The van der Waals surface area contributed by atoms with E-state index in [1.165, 1.54) is 42.5 Å². The Labute approximate surface area is 231 Å². The van der Waals surface area contributed by atoms with Gasteiger partial charge in [-0.05, 0) is 86.7 Å². The van der Waals surface area contributed by atoms with Gasteiger partial charge in [0.05, 0.1) is 6.04 Å². The molecule has 3 atom stereocenters. The third-order valence-electron chi connectivity index (χ3n) is 6.07. The highest BCUT2D eigenvalue weighted by Gasteiger charge is 2.29. The summed E-state index contributed by atoms with van der Waals surface area (Å²) >= 11 is 0. The third kappa shape index (κ3) is 10.2. The first kappa shape index (κ1) is 30.4. The number of rotatable bonds is 13. The molecule has 1 amide bonds. The van der Waals surface area contributed by atoms with Gasteiger partial charge in [0.2, 0.25) is 5.91 Å². The number of hydroxylamine groups is 1. The van der Waals surface area contributed by atoms with E-state index in [1.54, 1.807) is 43.5 Å². The van der Waals surface area contributed by atoms with Gasteiger partial charge in [-0.3, -0.25) is 14.6 Å². The number of halogens is 2. The molecule has 0 bridgehead atoms. The number of hydrogen-bond donors (Lipinski definition) is 4. The van der Waals surface area contributed by atoms with E-state index in [1.807, 2.05) is 0 Å². The number of nitrogens with zero attached hydrogens (tertiary/aromatic N) is 1. The summed E-state index contributed by atoms with van der Waals surface area (Å²) in [5, 5.41) is 22.1. The van der Waals surface area contributed by atoms with Crippen LogP contribution in [0.5, 0.6) is 0 Å². The van der Waals surface area contributed by atoms with Crippen molar-refractivity contribution in [3.63, 3.8) is 0 Å². The Hall–Kier alpha value is -4.15. The van der Waals surface area contributed by atoms with Crippen molar-refractivity contribution in [3.8, 4) is 0 Å². The van der Waals surface area contributed by atoms with E-state index in [2.05, 4.69) is 15.8 Å². The fraction of sp³-hybridized carbons (Fsp3) is 0.300. The highest BCUT2D eigenvalue weighted by atomic mass is 19.1. The number of nitrogens with one attached hydrogen (secondary N) is 2. The normalized spacial score (nSPS) is 20.4. The van der Waals surface area contributed by atoms with E-state index >= 15 is 0 Å². The average molecular weight is 554 g/mol. The molecular weight excluding hydrogens is 520 g/mol. The monoisotopic (exact) mass is 553 g/mol. The van der Waals surface area contributed by atoms with Crippen LogP contribution in [0.2, 0.25) is 0 Å². The first-order valence-corrected chi connectivity index (χ1v) is 12.9. The van der Waals surface area contributed by atoms with E-state index in [4.69, 9.17) is 9.94 Å². The summed E-state index contributed by atoms with van der Waals surface area (Å²) in [5.74, 6) is -2.02. The maximum atomic E-state index is 13.3.